The van der Waals surface area contributed by atoms with E-state index in [1.165, 1.54) is 16.8 Å². The van der Waals surface area contributed by atoms with Crippen LogP contribution in [0.2, 0.25) is 0 Å². The van der Waals surface area contributed by atoms with Crippen LogP contribution in [0.25, 0.3) is 6.08 Å². The first kappa shape index (κ1) is 20.9. The van der Waals surface area contributed by atoms with Gasteiger partial charge in [0.05, 0.1) is 11.8 Å². The predicted molar refractivity (Wildman–Crippen MR) is 116 cm³/mol. The molecule has 154 valence electrons. The molecule has 2 aromatic heterocycles. The summed E-state index contributed by atoms with van der Waals surface area (Å²) in [5.74, 6) is 0.122. The van der Waals surface area contributed by atoms with Crippen molar-refractivity contribution in [2.45, 2.75) is 46.0 Å². The number of nitrogens with zero attached hydrogens (tertiary/aromatic N) is 4. The van der Waals surface area contributed by atoms with Crippen molar-refractivity contribution in [1.29, 1.82) is 0 Å². The van der Waals surface area contributed by atoms with Crippen molar-refractivity contribution < 1.29 is 4.79 Å². The van der Waals surface area contributed by atoms with Crippen LogP contribution in [-0.2, 0) is 11.2 Å². The van der Waals surface area contributed by atoms with E-state index in [1.807, 2.05) is 6.08 Å². The number of H-pyrrole nitrogens is 1. The van der Waals surface area contributed by atoms with E-state index in [0.29, 0.717) is 22.9 Å². The fraction of sp³-hybridized carbons (Fsp3) is 0.455. The van der Waals surface area contributed by atoms with Gasteiger partial charge in [0.1, 0.15) is 11.4 Å². The Morgan fingerprint density at radius 2 is 2.00 bits per heavy atom. The lowest BCUT2D eigenvalue weighted by Gasteiger charge is -2.12. The number of carbonyl (C=O) groups is 1. The summed E-state index contributed by atoms with van der Waals surface area (Å²) in [6.45, 7) is 7.59. The number of aromatic amines is 1. The molecular formula is C22H30N6O. The van der Waals surface area contributed by atoms with Crippen molar-refractivity contribution in [3.8, 4) is 0 Å². The van der Waals surface area contributed by atoms with E-state index >= 15 is 0 Å². The van der Waals surface area contributed by atoms with E-state index in [-0.39, 0.29) is 5.91 Å². The lowest BCUT2D eigenvalue weighted by Crippen LogP contribution is -2.14. The molecule has 2 N–H and O–H groups in total. The van der Waals surface area contributed by atoms with Gasteiger partial charge in [-0.25, -0.2) is 5.43 Å². The van der Waals surface area contributed by atoms with Crippen molar-refractivity contribution in [3.63, 3.8) is 0 Å². The van der Waals surface area contributed by atoms with Crippen LogP contribution in [0.1, 0.15) is 60.8 Å². The zero-order valence-corrected chi connectivity index (χ0v) is 17.9. The van der Waals surface area contributed by atoms with Crippen LogP contribution < -0.4 is 5.43 Å². The minimum atomic E-state index is -0.222. The second-order valence-corrected chi connectivity index (χ2v) is 8.02. The standard InChI is InChI=1S/C22H30N6O/c1-14(2)20-16(8-6-7-11-28(4)5)15(3)25-18(20)12-17-21(26-27-22(17)29)19-13-23-9-10-24-19/h9-10,12-14,25H,6-8,11H2,1-5H3,(H,27,29). The van der Waals surface area contributed by atoms with Gasteiger partial charge in [0, 0.05) is 23.8 Å². The lowest BCUT2D eigenvalue weighted by atomic mass is 9.93. The minimum Gasteiger partial charge on any atom is -0.359 e. The second kappa shape index (κ2) is 9.13. The quantitative estimate of drug-likeness (QED) is 0.532. The van der Waals surface area contributed by atoms with Crippen LogP contribution in [0.15, 0.2) is 29.3 Å². The highest BCUT2D eigenvalue weighted by Gasteiger charge is 2.26. The SMILES string of the molecule is Cc1[nH]c(C=C2C(=O)NN=C2c2cnccn2)c(C(C)C)c1CCCCN(C)C. The number of rotatable bonds is 8. The van der Waals surface area contributed by atoms with Crippen molar-refractivity contribution >= 4 is 17.7 Å². The summed E-state index contributed by atoms with van der Waals surface area (Å²) in [6, 6.07) is 0. The van der Waals surface area contributed by atoms with E-state index in [9.17, 15) is 4.79 Å². The Kier molecular flexibility index (Phi) is 6.59. The normalized spacial score (nSPS) is 15.5. The number of aromatic nitrogens is 3. The molecule has 0 fully saturated rings. The minimum absolute atomic E-state index is 0.222. The zero-order valence-electron chi connectivity index (χ0n) is 17.9. The van der Waals surface area contributed by atoms with Gasteiger partial charge in [0.2, 0.25) is 0 Å². The lowest BCUT2D eigenvalue weighted by molar-refractivity contribution is -0.116. The Hall–Kier alpha value is -2.80. The average molecular weight is 395 g/mol. The van der Waals surface area contributed by atoms with Crippen LogP contribution in [0, 0.1) is 6.92 Å². The van der Waals surface area contributed by atoms with Crippen LogP contribution >= 0.6 is 0 Å². The second-order valence-electron chi connectivity index (χ2n) is 8.02. The summed E-state index contributed by atoms with van der Waals surface area (Å²) in [5.41, 5.74) is 8.95. The van der Waals surface area contributed by atoms with E-state index in [0.717, 1.165) is 31.5 Å². The average Bonchev–Trinajstić information content (AvgIpc) is 3.19. The molecule has 2 aromatic rings. The molecule has 0 aliphatic carbocycles. The largest absolute Gasteiger partial charge is 0.359 e. The van der Waals surface area contributed by atoms with Crippen LogP contribution in [0.5, 0.6) is 0 Å². The van der Waals surface area contributed by atoms with Gasteiger partial charge in [-0.2, -0.15) is 5.10 Å². The molecule has 0 bridgehead atoms. The van der Waals surface area contributed by atoms with E-state index in [4.69, 9.17) is 0 Å². The summed E-state index contributed by atoms with van der Waals surface area (Å²) in [6.07, 6.45) is 10.1. The van der Waals surface area contributed by atoms with Crippen LogP contribution in [-0.4, -0.2) is 52.1 Å². The molecule has 0 aromatic carbocycles. The summed E-state index contributed by atoms with van der Waals surface area (Å²) in [5, 5.41) is 4.17. The Labute approximate surface area is 172 Å². The number of aryl methyl sites for hydroxylation is 1. The third kappa shape index (κ3) is 4.79. The molecule has 0 spiro atoms. The van der Waals surface area contributed by atoms with Crippen LogP contribution in [0.3, 0.4) is 0 Å². The third-order valence-corrected chi connectivity index (χ3v) is 5.11. The van der Waals surface area contributed by atoms with Gasteiger partial charge in [-0.05, 0) is 69.9 Å². The van der Waals surface area contributed by atoms with E-state index in [2.05, 4.69) is 65.2 Å². The molecule has 0 saturated carbocycles. The maximum absolute atomic E-state index is 12.4. The fourth-order valence-electron chi connectivity index (χ4n) is 3.76. The Morgan fingerprint density at radius 3 is 2.66 bits per heavy atom. The molecule has 0 unspecified atom stereocenters. The Bertz CT molecular complexity index is 924. The van der Waals surface area contributed by atoms with Crippen molar-refractivity contribution in [1.82, 2.24) is 25.3 Å². The highest BCUT2D eigenvalue weighted by Crippen LogP contribution is 2.30. The molecule has 1 aliphatic heterocycles. The zero-order chi connectivity index (χ0) is 21.0. The first-order valence-corrected chi connectivity index (χ1v) is 10.1. The van der Waals surface area contributed by atoms with Gasteiger partial charge in [-0.15, -0.1) is 0 Å². The molecule has 3 heterocycles. The molecule has 7 heteroatoms. The molecule has 0 saturated heterocycles. The van der Waals surface area contributed by atoms with Gasteiger partial charge in [-0.3, -0.25) is 14.8 Å². The number of hydrazone groups is 1. The third-order valence-electron chi connectivity index (χ3n) is 5.11. The molecular weight excluding hydrogens is 364 g/mol. The highest BCUT2D eigenvalue weighted by molar-refractivity contribution is 6.32. The van der Waals surface area contributed by atoms with Gasteiger partial charge in [0.15, 0.2) is 0 Å². The molecule has 7 nitrogen and oxygen atoms in total. The Balaban J connectivity index is 1.92. The molecule has 0 radical (unpaired) electrons. The van der Waals surface area contributed by atoms with Crippen molar-refractivity contribution in [2.75, 3.05) is 20.6 Å². The summed E-state index contributed by atoms with van der Waals surface area (Å²) in [7, 11) is 4.21. The van der Waals surface area contributed by atoms with Gasteiger partial charge < -0.3 is 9.88 Å². The molecule has 0 atom stereocenters. The molecule has 1 amide bonds. The molecule has 3 rings (SSSR count). The fourth-order valence-corrected chi connectivity index (χ4v) is 3.76. The van der Waals surface area contributed by atoms with Crippen molar-refractivity contribution in [2.24, 2.45) is 5.10 Å². The van der Waals surface area contributed by atoms with Crippen LogP contribution in [0.4, 0.5) is 0 Å². The number of amides is 1. The molecule has 29 heavy (non-hydrogen) atoms. The van der Waals surface area contributed by atoms with E-state index in [1.54, 1.807) is 18.6 Å². The topological polar surface area (TPSA) is 86.3 Å². The first-order valence-electron chi connectivity index (χ1n) is 10.1. The monoisotopic (exact) mass is 394 g/mol. The predicted octanol–water partition coefficient (Wildman–Crippen LogP) is 3.04. The summed E-state index contributed by atoms with van der Waals surface area (Å²) >= 11 is 0. The number of hydrogen-bond donors (Lipinski definition) is 2. The Morgan fingerprint density at radius 1 is 1.21 bits per heavy atom. The van der Waals surface area contributed by atoms with Gasteiger partial charge in [0.25, 0.3) is 5.91 Å². The number of hydrogen-bond acceptors (Lipinski definition) is 5. The smallest absolute Gasteiger partial charge is 0.273 e. The van der Waals surface area contributed by atoms with Gasteiger partial charge in [-0.1, -0.05) is 13.8 Å². The van der Waals surface area contributed by atoms with E-state index < -0.39 is 0 Å². The summed E-state index contributed by atoms with van der Waals surface area (Å²) < 4.78 is 0. The highest BCUT2D eigenvalue weighted by atomic mass is 16.2. The maximum Gasteiger partial charge on any atom is 0.273 e. The maximum atomic E-state index is 12.4. The van der Waals surface area contributed by atoms with Gasteiger partial charge >= 0.3 is 0 Å². The number of nitrogens with one attached hydrogen (secondary N) is 2. The van der Waals surface area contributed by atoms with Crippen molar-refractivity contribution in [3.05, 3.63) is 52.4 Å². The number of unbranched alkanes of at least 4 members (excludes halogenated alkanes) is 1. The molecule has 1 aliphatic rings. The summed E-state index contributed by atoms with van der Waals surface area (Å²) in [4.78, 5) is 26.6. The number of carbonyl (C=O) groups excluding carboxylic acids is 1. The first-order chi connectivity index (χ1) is 13.9.